The monoisotopic (exact) mass is 322 g/mol. The number of carboxylic acids is 1. The summed E-state index contributed by atoms with van der Waals surface area (Å²) in [5, 5.41) is 8.85. The van der Waals surface area contributed by atoms with Gasteiger partial charge in [-0.25, -0.2) is 9.78 Å². The second-order valence-electron chi connectivity index (χ2n) is 3.81. The van der Waals surface area contributed by atoms with Crippen LogP contribution in [0.1, 0.15) is 16.1 Å². The Morgan fingerprint density at radius 2 is 1.95 bits per heavy atom. The molecule has 0 bridgehead atoms. The lowest BCUT2D eigenvalue weighted by Gasteiger charge is -2.08. The van der Waals surface area contributed by atoms with Crippen LogP contribution in [0.2, 0.25) is 0 Å². The SMILES string of the molecule is Nc1ccc(C(=O)O)nc1OCc1ccc(Br)cc1. The number of nitrogens with two attached hydrogens (primary N) is 1. The van der Waals surface area contributed by atoms with Crippen LogP contribution in [-0.4, -0.2) is 16.1 Å². The number of aromatic nitrogens is 1. The predicted octanol–water partition coefficient (Wildman–Crippen LogP) is 2.70. The molecule has 0 aliphatic carbocycles. The van der Waals surface area contributed by atoms with Gasteiger partial charge in [0.05, 0.1) is 5.69 Å². The fraction of sp³-hybridized carbons (Fsp3) is 0.0769. The third-order valence-electron chi connectivity index (χ3n) is 2.40. The number of nitrogens with zero attached hydrogens (tertiary/aromatic N) is 1. The van der Waals surface area contributed by atoms with Crippen molar-refractivity contribution >= 4 is 27.6 Å². The minimum atomic E-state index is -1.12. The fourth-order valence-corrected chi connectivity index (χ4v) is 1.68. The van der Waals surface area contributed by atoms with Crippen molar-refractivity contribution in [2.24, 2.45) is 0 Å². The van der Waals surface area contributed by atoms with Crippen LogP contribution in [0.3, 0.4) is 0 Å². The topological polar surface area (TPSA) is 85.4 Å². The Kier molecular flexibility index (Phi) is 4.01. The normalized spacial score (nSPS) is 10.2. The zero-order chi connectivity index (χ0) is 13.8. The van der Waals surface area contributed by atoms with Crippen LogP contribution in [0.15, 0.2) is 40.9 Å². The highest BCUT2D eigenvalue weighted by Crippen LogP contribution is 2.20. The number of halogens is 1. The maximum atomic E-state index is 10.8. The van der Waals surface area contributed by atoms with E-state index in [2.05, 4.69) is 20.9 Å². The molecule has 19 heavy (non-hydrogen) atoms. The van der Waals surface area contributed by atoms with Gasteiger partial charge in [0.1, 0.15) is 6.61 Å². The van der Waals surface area contributed by atoms with E-state index in [0.29, 0.717) is 5.69 Å². The molecule has 0 spiro atoms. The Hall–Kier alpha value is -2.08. The molecule has 0 radical (unpaired) electrons. The van der Waals surface area contributed by atoms with Gasteiger partial charge in [0.25, 0.3) is 0 Å². The van der Waals surface area contributed by atoms with Gasteiger partial charge in [-0.05, 0) is 29.8 Å². The van der Waals surface area contributed by atoms with Gasteiger partial charge in [0.15, 0.2) is 5.69 Å². The maximum absolute atomic E-state index is 10.8. The molecule has 0 aliphatic heterocycles. The van der Waals surface area contributed by atoms with E-state index in [1.165, 1.54) is 12.1 Å². The molecule has 2 aromatic rings. The summed E-state index contributed by atoms with van der Waals surface area (Å²) in [6.07, 6.45) is 0. The van der Waals surface area contributed by atoms with E-state index in [1.807, 2.05) is 24.3 Å². The molecular formula is C13H11BrN2O3. The number of carbonyl (C=O) groups is 1. The van der Waals surface area contributed by atoms with Crippen LogP contribution >= 0.6 is 15.9 Å². The molecule has 5 nitrogen and oxygen atoms in total. The average molecular weight is 323 g/mol. The van der Waals surface area contributed by atoms with Crippen molar-refractivity contribution in [3.8, 4) is 5.88 Å². The van der Waals surface area contributed by atoms with Gasteiger partial charge in [-0.15, -0.1) is 0 Å². The third kappa shape index (κ3) is 3.45. The number of carboxylic acid groups (broad SMARTS) is 1. The van der Waals surface area contributed by atoms with Gasteiger partial charge >= 0.3 is 5.97 Å². The van der Waals surface area contributed by atoms with Crippen LogP contribution in [0.4, 0.5) is 5.69 Å². The van der Waals surface area contributed by atoms with E-state index in [9.17, 15) is 4.79 Å². The first kappa shape index (κ1) is 13.4. The van der Waals surface area contributed by atoms with Crippen molar-refractivity contribution in [3.63, 3.8) is 0 Å². The summed E-state index contributed by atoms with van der Waals surface area (Å²) in [5.41, 5.74) is 6.84. The molecule has 2 rings (SSSR count). The number of aromatic carboxylic acids is 1. The Balaban J connectivity index is 2.12. The molecule has 0 aliphatic rings. The minimum absolute atomic E-state index is 0.0972. The Morgan fingerprint density at radius 1 is 1.26 bits per heavy atom. The largest absolute Gasteiger partial charge is 0.477 e. The van der Waals surface area contributed by atoms with Crippen LogP contribution < -0.4 is 10.5 Å². The van der Waals surface area contributed by atoms with Crippen molar-refractivity contribution < 1.29 is 14.6 Å². The summed E-state index contributed by atoms with van der Waals surface area (Å²) in [6.45, 7) is 0.271. The van der Waals surface area contributed by atoms with E-state index in [1.54, 1.807) is 0 Å². The third-order valence-corrected chi connectivity index (χ3v) is 2.93. The van der Waals surface area contributed by atoms with Crippen molar-refractivity contribution in [3.05, 3.63) is 52.1 Å². The molecule has 0 unspecified atom stereocenters. The number of nitrogen functional groups attached to an aromatic ring is 1. The first-order valence-electron chi connectivity index (χ1n) is 5.43. The molecule has 0 atom stereocenters. The summed E-state index contributed by atoms with van der Waals surface area (Å²) in [4.78, 5) is 14.7. The van der Waals surface area contributed by atoms with Gasteiger partial charge in [0.2, 0.25) is 5.88 Å². The highest BCUT2D eigenvalue weighted by atomic mass is 79.9. The highest BCUT2D eigenvalue weighted by Gasteiger charge is 2.09. The number of hydrogen-bond acceptors (Lipinski definition) is 4. The van der Waals surface area contributed by atoms with Crippen molar-refractivity contribution in [2.75, 3.05) is 5.73 Å². The lowest BCUT2D eigenvalue weighted by molar-refractivity contribution is 0.0689. The predicted molar refractivity (Wildman–Crippen MR) is 74.1 cm³/mol. The zero-order valence-electron chi connectivity index (χ0n) is 9.84. The number of hydrogen-bond donors (Lipinski definition) is 2. The van der Waals surface area contributed by atoms with Gasteiger partial charge in [-0.3, -0.25) is 0 Å². The van der Waals surface area contributed by atoms with Crippen LogP contribution in [0, 0.1) is 0 Å². The lowest BCUT2D eigenvalue weighted by atomic mass is 10.2. The van der Waals surface area contributed by atoms with E-state index in [0.717, 1.165) is 10.0 Å². The first-order valence-corrected chi connectivity index (χ1v) is 6.22. The number of rotatable bonds is 4. The van der Waals surface area contributed by atoms with Crippen LogP contribution in [0.5, 0.6) is 5.88 Å². The van der Waals surface area contributed by atoms with Gasteiger partial charge in [-0.2, -0.15) is 0 Å². The minimum Gasteiger partial charge on any atom is -0.477 e. The van der Waals surface area contributed by atoms with Gasteiger partial charge < -0.3 is 15.6 Å². The van der Waals surface area contributed by atoms with Crippen molar-refractivity contribution in [1.82, 2.24) is 4.98 Å². The molecule has 1 aromatic carbocycles. The summed E-state index contributed by atoms with van der Waals surface area (Å²) in [7, 11) is 0. The summed E-state index contributed by atoms with van der Waals surface area (Å²) in [6, 6.07) is 10.4. The van der Waals surface area contributed by atoms with Gasteiger partial charge in [-0.1, -0.05) is 28.1 Å². The number of anilines is 1. The molecule has 6 heteroatoms. The summed E-state index contributed by atoms with van der Waals surface area (Å²) >= 11 is 3.34. The zero-order valence-corrected chi connectivity index (χ0v) is 11.4. The quantitative estimate of drug-likeness (QED) is 0.903. The molecule has 98 valence electrons. The molecule has 0 saturated carbocycles. The van der Waals surface area contributed by atoms with E-state index in [-0.39, 0.29) is 18.2 Å². The average Bonchev–Trinajstić information content (AvgIpc) is 2.39. The Labute approximate surface area is 118 Å². The molecule has 1 heterocycles. The number of pyridine rings is 1. The smallest absolute Gasteiger partial charge is 0.354 e. The lowest BCUT2D eigenvalue weighted by Crippen LogP contribution is -2.06. The van der Waals surface area contributed by atoms with Gasteiger partial charge in [0, 0.05) is 4.47 Å². The first-order chi connectivity index (χ1) is 9.06. The van der Waals surface area contributed by atoms with Crippen molar-refractivity contribution in [2.45, 2.75) is 6.61 Å². The summed E-state index contributed by atoms with van der Waals surface area (Å²) in [5.74, 6) is -0.990. The second-order valence-corrected chi connectivity index (χ2v) is 4.73. The second kappa shape index (κ2) is 5.71. The molecular weight excluding hydrogens is 312 g/mol. The molecule has 0 saturated heterocycles. The van der Waals surface area contributed by atoms with E-state index < -0.39 is 5.97 Å². The standard InChI is InChI=1S/C13H11BrN2O3/c14-9-3-1-8(2-4-9)7-19-12-10(15)5-6-11(16-12)13(17)18/h1-6H,7,15H2,(H,17,18). The molecule has 1 aromatic heterocycles. The highest BCUT2D eigenvalue weighted by molar-refractivity contribution is 9.10. The molecule has 3 N–H and O–H groups in total. The Morgan fingerprint density at radius 3 is 2.58 bits per heavy atom. The molecule has 0 fully saturated rings. The molecule has 0 amide bonds. The maximum Gasteiger partial charge on any atom is 0.354 e. The van der Waals surface area contributed by atoms with E-state index in [4.69, 9.17) is 15.6 Å². The van der Waals surface area contributed by atoms with Crippen LogP contribution in [0.25, 0.3) is 0 Å². The number of benzene rings is 1. The van der Waals surface area contributed by atoms with Crippen molar-refractivity contribution in [1.29, 1.82) is 0 Å². The summed E-state index contributed by atoms with van der Waals surface area (Å²) < 4.78 is 6.41. The fourth-order valence-electron chi connectivity index (χ4n) is 1.42. The van der Waals surface area contributed by atoms with Crippen LogP contribution in [-0.2, 0) is 6.61 Å². The Bertz CT molecular complexity index is 599. The number of ether oxygens (including phenoxy) is 1. The van der Waals surface area contributed by atoms with E-state index >= 15 is 0 Å².